The molecule has 0 atom stereocenters. The Morgan fingerprint density at radius 1 is 1.00 bits per heavy atom. The van der Waals surface area contributed by atoms with Gasteiger partial charge in [-0.25, -0.2) is 4.79 Å². The number of nitriles is 1. The van der Waals surface area contributed by atoms with Crippen LogP contribution >= 0.6 is 0 Å². The Morgan fingerprint density at radius 2 is 1.67 bits per heavy atom. The second-order valence-electron chi connectivity index (χ2n) is 7.51. The number of amides is 4. The average Bonchev–Trinajstić information content (AvgIpc) is 3.08. The highest BCUT2D eigenvalue weighted by Crippen LogP contribution is 2.25. The van der Waals surface area contributed by atoms with Gasteiger partial charge in [-0.15, -0.1) is 0 Å². The van der Waals surface area contributed by atoms with E-state index in [1.165, 1.54) is 6.08 Å². The summed E-state index contributed by atoms with van der Waals surface area (Å²) >= 11 is 0. The van der Waals surface area contributed by atoms with E-state index in [0.717, 1.165) is 22.6 Å². The summed E-state index contributed by atoms with van der Waals surface area (Å²) in [5, 5.41) is 13.4. The molecule has 1 aliphatic heterocycles. The van der Waals surface area contributed by atoms with Gasteiger partial charge in [-0.3, -0.25) is 20.2 Å². The molecule has 33 heavy (non-hydrogen) atoms. The second-order valence-corrected chi connectivity index (χ2v) is 7.51. The van der Waals surface area contributed by atoms with Crippen molar-refractivity contribution in [3.05, 3.63) is 88.2 Å². The van der Waals surface area contributed by atoms with Crippen molar-refractivity contribution in [1.82, 2.24) is 15.2 Å². The maximum absolute atomic E-state index is 12.0. The number of imide groups is 2. The van der Waals surface area contributed by atoms with E-state index in [1.54, 1.807) is 6.07 Å². The molecular formula is C25H20N4O4. The molecule has 1 aliphatic rings. The van der Waals surface area contributed by atoms with Gasteiger partial charge in [0.15, 0.2) is 0 Å². The number of hydrogen-bond acceptors (Lipinski definition) is 5. The lowest BCUT2D eigenvalue weighted by molar-refractivity contribution is -0.123. The minimum absolute atomic E-state index is 0.128. The maximum atomic E-state index is 12.0. The zero-order valence-corrected chi connectivity index (χ0v) is 18.0. The van der Waals surface area contributed by atoms with E-state index >= 15 is 0 Å². The van der Waals surface area contributed by atoms with Crippen molar-refractivity contribution in [3.63, 3.8) is 0 Å². The number of hydrogen-bond donors (Lipinski definition) is 2. The molecule has 0 aliphatic carbocycles. The third kappa shape index (κ3) is 4.38. The molecule has 8 heteroatoms. The Bertz CT molecular complexity index is 1320. The van der Waals surface area contributed by atoms with Crippen LogP contribution in [0.4, 0.5) is 4.79 Å². The van der Waals surface area contributed by atoms with E-state index in [1.807, 2.05) is 66.9 Å². The molecule has 0 radical (unpaired) electrons. The van der Waals surface area contributed by atoms with E-state index in [2.05, 4.69) is 16.7 Å². The first-order valence-electron chi connectivity index (χ1n) is 10.2. The van der Waals surface area contributed by atoms with Gasteiger partial charge >= 0.3 is 6.03 Å². The predicted octanol–water partition coefficient (Wildman–Crippen LogP) is 3.29. The molecule has 0 unspecified atom stereocenters. The highest BCUT2D eigenvalue weighted by atomic mass is 16.5. The Morgan fingerprint density at radius 3 is 2.33 bits per heavy atom. The van der Waals surface area contributed by atoms with Crippen LogP contribution in [-0.4, -0.2) is 22.4 Å². The topological polar surface area (TPSA) is 113 Å². The first-order chi connectivity index (χ1) is 15.9. The number of aryl methyl sites for hydroxylation is 1. The van der Waals surface area contributed by atoms with Gasteiger partial charge in [-0.2, -0.15) is 5.26 Å². The molecule has 8 nitrogen and oxygen atoms in total. The van der Waals surface area contributed by atoms with E-state index in [9.17, 15) is 19.6 Å². The lowest BCUT2D eigenvalue weighted by Crippen LogP contribution is -2.51. The van der Waals surface area contributed by atoms with E-state index in [-0.39, 0.29) is 12.2 Å². The zero-order chi connectivity index (χ0) is 23.5. The molecule has 0 saturated carbocycles. The fourth-order valence-corrected chi connectivity index (χ4v) is 3.70. The lowest BCUT2D eigenvalue weighted by Gasteiger charge is -2.14. The van der Waals surface area contributed by atoms with Crippen molar-refractivity contribution in [2.75, 3.05) is 0 Å². The summed E-state index contributed by atoms with van der Waals surface area (Å²) < 4.78 is 7.83. The molecule has 0 bridgehead atoms. The maximum Gasteiger partial charge on any atom is 0.328 e. The van der Waals surface area contributed by atoms with Crippen LogP contribution < -0.4 is 15.4 Å². The van der Waals surface area contributed by atoms with Gasteiger partial charge < -0.3 is 9.30 Å². The molecule has 164 valence electrons. The van der Waals surface area contributed by atoms with Crippen molar-refractivity contribution in [3.8, 4) is 17.5 Å². The van der Waals surface area contributed by atoms with Crippen molar-refractivity contribution in [2.24, 2.45) is 0 Å². The van der Waals surface area contributed by atoms with Gasteiger partial charge in [0.1, 0.15) is 17.9 Å². The Labute approximate surface area is 190 Å². The van der Waals surface area contributed by atoms with Crippen molar-refractivity contribution in [1.29, 1.82) is 5.26 Å². The molecule has 1 saturated heterocycles. The van der Waals surface area contributed by atoms with Gasteiger partial charge in [0.2, 0.25) is 0 Å². The number of carbonyl (C=O) groups excluding carboxylic acids is 3. The van der Waals surface area contributed by atoms with E-state index in [4.69, 9.17) is 4.74 Å². The number of rotatable bonds is 5. The van der Waals surface area contributed by atoms with Gasteiger partial charge in [0.25, 0.3) is 11.8 Å². The van der Waals surface area contributed by atoms with Crippen LogP contribution in [0.3, 0.4) is 0 Å². The quantitative estimate of drug-likeness (QED) is 0.467. The van der Waals surface area contributed by atoms with Gasteiger partial charge in [-0.1, -0.05) is 18.2 Å². The summed E-state index contributed by atoms with van der Waals surface area (Å²) in [5.74, 6) is -0.794. The summed E-state index contributed by atoms with van der Waals surface area (Å²) in [6.07, 6.45) is 1.47. The smallest absolute Gasteiger partial charge is 0.328 e. The molecule has 1 aromatic heterocycles. The van der Waals surface area contributed by atoms with Crippen LogP contribution in [-0.2, 0) is 16.2 Å². The number of nitrogens with one attached hydrogen (secondary N) is 2. The molecule has 0 spiro atoms. The highest BCUT2D eigenvalue weighted by Gasteiger charge is 2.28. The number of urea groups is 1. The standard InChI is InChI=1S/C25H20N4O4/c1-15-11-19(12-22-23(30)27-25(32)28-24(22)31)16(2)29(15)20-7-9-21(10-8-20)33-14-18-6-4-3-5-17(18)13-26/h3-12H,14H2,1-2H3,(H2,27,28,30,31,32). The predicted molar refractivity (Wildman–Crippen MR) is 120 cm³/mol. The lowest BCUT2D eigenvalue weighted by atomic mass is 10.1. The number of benzene rings is 2. The summed E-state index contributed by atoms with van der Waals surface area (Å²) in [7, 11) is 0. The number of aromatic nitrogens is 1. The van der Waals surface area contributed by atoms with Crippen LogP contribution in [0, 0.1) is 25.2 Å². The van der Waals surface area contributed by atoms with Crippen LogP contribution in [0.5, 0.6) is 5.75 Å². The molecule has 4 rings (SSSR count). The molecule has 2 N–H and O–H groups in total. The van der Waals surface area contributed by atoms with Crippen LogP contribution in [0.2, 0.25) is 0 Å². The fraction of sp³-hybridized carbons (Fsp3) is 0.120. The Hall–Kier alpha value is -4.64. The van der Waals surface area contributed by atoms with E-state index < -0.39 is 17.8 Å². The van der Waals surface area contributed by atoms with Crippen LogP contribution in [0.1, 0.15) is 28.1 Å². The largest absolute Gasteiger partial charge is 0.489 e. The highest BCUT2D eigenvalue weighted by molar-refractivity contribution is 6.31. The number of nitrogens with zero attached hydrogens (tertiary/aromatic N) is 2. The summed E-state index contributed by atoms with van der Waals surface area (Å²) in [4.78, 5) is 35.3. The summed E-state index contributed by atoms with van der Waals surface area (Å²) in [5.41, 5.74) is 4.58. The first-order valence-corrected chi connectivity index (χ1v) is 10.2. The molecule has 1 fully saturated rings. The number of carbonyl (C=O) groups is 3. The average molecular weight is 440 g/mol. The second kappa shape index (κ2) is 8.85. The number of barbiturate groups is 1. The SMILES string of the molecule is Cc1cc(C=C2C(=O)NC(=O)NC2=O)c(C)n1-c1ccc(OCc2ccccc2C#N)cc1. The Balaban J connectivity index is 1.55. The van der Waals surface area contributed by atoms with Gasteiger partial charge in [-0.05, 0) is 61.9 Å². The molecule has 2 heterocycles. The third-order valence-electron chi connectivity index (χ3n) is 5.34. The normalized spacial score (nSPS) is 13.2. The summed E-state index contributed by atoms with van der Waals surface area (Å²) in [6, 6.07) is 18.0. The first kappa shape index (κ1) is 21.6. The molecule has 3 aromatic rings. The fourth-order valence-electron chi connectivity index (χ4n) is 3.70. The minimum atomic E-state index is -0.828. The van der Waals surface area contributed by atoms with Crippen molar-refractivity contribution in [2.45, 2.75) is 20.5 Å². The van der Waals surface area contributed by atoms with Gasteiger partial charge in [0.05, 0.1) is 11.6 Å². The van der Waals surface area contributed by atoms with Crippen molar-refractivity contribution >= 4 is 23.9 Å². The summed E-state index contributed by atoms with van der Waals surface area (Å²) in [6.45, 7) is 4.09. The molecule has 4 amide bonds. The van der Waals surface area contributed by atoms with Crippen LogP contribution in [0.15, 0.2) is 60.2 Å². The minimum Gasteiger partial charge on any atom is -0.489 e. The monoisotopic (exact) mass is 440 g/mol. The van der Waals surface area contributed by atoms with Crippen LogP contribution in [0.25, 0.3) is 11.8 Å². The molecular weight excluding hydrogens is 420 g/mol. The zero-order valence-electron chi connectivity index (χ0n) is 18.0. The molecule has 2 aromatic carbocycles. The Kier molecular flexibility index (Phi) is 5.79. The third-order valence-corrected chi connectivity index (χ3v) is 5.34. The van der Waals surface area contributed by atoms with Crippen molar-refractivity contribution < 1.29 is 19.1 Å². The van der Waals surface area contributed by atoms with Gasteiger partial charge in [0, 0.05) is 22.6 Å². The number of ether oxygens (including phenoxy) is 1. The van der Waals surface area contributed by atoms with E-state index in [0.29, 0.717) is 16.9 Å².